The largest absolute Gasteiger partial charge is 0.496 e. The third-order valence-electron chi connectivity index (χ3n) is 3.06. The molecule has 0 heterocycles. The number of hydrogen-bond acceptors (Lipinski definition) is 3. The van der Waals surface area contributed by atoms with Crippen LogP contribution in [0.15, 0.2) is 40.9 Å². The number of hydrogen-bond donors (Lipinski definition) is 1. The molecule has 0 fully saturated rings. The summed E-state index contributed by atoms with van der Waals surface area (Å²) in [5.74, 6) is 1.34. The van der Waals surface area contributed by atoms with Gasteiger partial charge in [-0.05, 0) is 42.8 Å². The fraction of sp³-hybridized carbons (Fsp3) is 0.250. The summed E-state index contributed by atoms with van der Waals surface area (Å²) in [6.07, 6.45) is -0.844. The van der Waals surface area contributed by atoms with Gasteiger partial charge in [-0.1, -0.05) is 33.6 Å². The van der Waals surface area contributed by atoms with Crippen molar-refractivity contribution < 1.29 is 14.6 Å². The summed E-state index contributed by atoms with van der Waals surface area (Å²) in [4.78, 5) is 0. The summed E-state index contributed by atoms with van der Waals surface area (Å²) >= 11 is 9.48. The Hall–Kier alpha value is -1.23. The summed E-state index contributed by atoms with van der Waals surface area (Å²) in [5, 5.41) is 11.2. The van der Waals surface area contributed by atoms with Crippen molar-refractivity contribution in [2.45, 2.75) is 13.0 Å². The van der Waals surface area contributed by atoms with Gasteiger partial charge in [0, 0.05) is 15.1 Å². The first-order valence-electron chi connectivity index (χ1n) is 6.50. The molecule has 0 aliphatic rings. The van der Waals surface area contributed by atoms with Crippen LogP contribution >= 0.6 is 27.5 Å². The number of rotatable bonds is 5. The Labute approximate surface area is 137 Å². The minimum atomic E-state index is -0.844. The maximum atomic E-state index is 10.6. The SMILES string of the molecule is CCOc1ccc(C(O)c2cc(Cl)ccc2OC)c(Br)c1. The Kier molecular flexibility index (Phi) is 5.51. The lowest BCUT2D eigenvalue weighted by atomic mass is 10.0. The average Bonchev–Trinajstić information content (AvgIpc) is 2.47. The van der Waals surface area contributed by atoms with Crippen molar-refractivity contribution in [3.8, 4) is 11.5 Å². The zero-order valence-electron chi connectivity index (χ0n) is 11.8. The Morgan fingerprint density at radius 1 is 1.19 bits per heavy atom. The van der Waals surface area contributed by atoms with Gasteiger partial charge in [0.1, 0.15) is 17.6 Å². The number of benzene rings is 2. The molecule has 0 spiro atoms. The summed E-state index contributed by atoms with van der Waals surface area (Å²) in [6, 6.07) is 10.6. The lowest BCUT2D eigenvalue weighted by Gasteiger charge is -2.17. The van der Waals surface area contributed by atoms with Gasteiger partial charge in [0.25, 0.3) is 0 Å². The van der Waals surface area contributed by atoms with Gasteiger partial charge in [-0.25, -0.2) is 0 Å². The van der Waals surface area contributed by atoms with E-state index in [0.717, 1.165) is 15.8 Å². The quantitative estimate of drug-likeness (QED) is 0.835. The standard InChI is InChI=1S/C16H16BrClO3/c1-3-21-11-5-6-12(14(17)9-11)16(19)13-8-10(18)4-7-15(13)20-2/h4-9,16,19H,3H2,1-2H3. The molecule has 2 aromatic carbocycles. The molecule has 1 atom stereocenters. The highest BCUT2D eigenvalue weighted by Crippen LogP contribution is 2.36. The van der Waals surface area contributed by atoms with Gasteiger partial charge in [-0.2, -0.15) is 0 Å². The highest BCUT2D eigenvalue weighted by atomic mass is 79.9. The Morgan fingerprint density at radius 3 is 2.57 bits per heavy atom. The lowest BCUT2D eigenvalue weighted by molar-refractivity contribution is 0.214. The van der Waals surface area contributed by atoms with Crippen LogP contribution in [0, 0.1) is 0 Å². The van der Waals surface area contributed by atoms with E-state index in [2.05, 4.69) is 15.9 Å². The van der Waals surface area contributed by atoms with Crippen LogP contribution in [-0.4, -0.2) is 18.8 Å². The Morgan fingerprint density at radius 2 is 1.95 bits per heavy atom. The van der Waals surface area contributed by atoms with Crippen LogP contribution in [0.4, 0.5) is 0 Å². The number of ether oxygens (including phenoxy) is 2. The van der Waals surface area contributed by atoms with E-state index in [9.17, 15) is 5.11 Å². The first kappa shape index (κ1) is 16.1. The lowest BCUT2D eigenvalue weighted by Crippen LogP contribution is -2.04. The molecule has 0 bridgehead atoms. The second-order valence-corrected chi connectivity index (χ2v) is 5.70. The van der Waals surface area contributed by atoms with Crippen LogP contribution in [0.5, 0.6) is 11.5 Å². The topological polar surface area (TPSA) is 38.7 Å². The van der Waals surface area contributed by atoms with Gasteiger partial charge >= 0.3 is 0 Å². The van der Waals surface area contributed by atoms with Crippen LogP contribution in [0.2, 0.25) is 5.02 Å². The maximum absolute atomic E-state index is 10.6. The molecule has 1 N–H and O–H groups in total. The fourth-order valence-electron chi connectivity index (χ4n) is 2.07. The van der Waals surface area contributed by atoms with Gasteiger partial charge in [0.15, 0.2) is 0 Å². The molecule has 0 aliphatic carbocycles. The minimum absolute atomic E-state index is 0.548. The molecule has 0 radical (unpaired) electrons. The van der Waals surface area contributed by atoms with E-state index in [1.54, 1.807) is 25.3 Å². The number of halogens is 2. The minimum Gasteiger partial charge on any atom is -0.496 e. The zero-order chi connectivity index (χ0) is 15.4. The van der Waals surface area contributed by atoms with E-state index in [1.807, 2.05) is 25.1 Å². The third-order valence-corrected chi connectivity index (χ3v) is 3.99. The Bertz CT molecular complexity index is 631. The average molecular weight is 372 g/mol. The van der Waals surface area contributed by atoms with Crippen molar-refractivity contribution in [3.05, 3.63) is 57.0 Å². The molecule has 112 valence electrons. The first-order valence-corrected chi connectivity index (χ1v) is 7.67. The highest BCUT2D eigenvalue weighted by molar-refractivity contribution is 9.10. The molecule has 1 unspecified atom stereocenters. The van der Waals surface area contributed by atoms with E-state index in [4.69, 9.17) is 21.1 Å². The van der Waals surface area contributed by atoms with Crippen LogP contribution in [0.25, 0.3) is 0 Å². The van der Waals surface area contributed by atoms with Crippen molar-refractivity contribution in [2.24, 2.45) is 0 Å². The normalized spacial score (nSPS) is 12.0. The van der Waals surface area contributed by atoms with Crippen LogP contribution in [0.3, 0.4) is 0 Å². The fourth-order valence-corrected chi connectivity index (χ4v) is 2.83. The number of methoxy groups -OCH3 is 1. The van der Waals surface area contributed by atoms with Crippen LogP contribution in [-0.2, 0) is 0 Å². The van der Waals surface area contributed by atoms with Gasteiger partial charge in [-0.15, -0.1) is 0 Å². The monoisotopic (exact) mass is 370 g/mol. The number of aliphatic hydroxyl groups is 1. The van der Waals surface area contributed by atoms with Crippen molar-refractivity contribution in [3.63, 3.8) is 0 Å². The molecule has 21 heavy (non-hydrogen) atoms. The molecular weight excluding hydrogens is 356 g/mol. The summed E-state index contributed by atoms with van der Waals surface area (Å²) in [6.45, 7) is 2.52. The molecule has 0 aliphatic heterocycles. The second kappa shape index (κ2) is 7.16. The first-order chi connectivity index (χ1) is 10.1. The number of aliphatic hydroxyl groups excluding tert-OH is 1. The van der Waals surface area contributed by atoms with Crippen LogP contribution in [0.1, 0.15) is 24.2 Å². The maximum Gasteiger partial charge on any atom is 0.125 e. The summed E-state index contributed by atoms with van der Waals surface area (Å²) < 4.78 is 11.5. The van der Waals surface area contributed by atoms with Crippen molar-refractivity contribution in [2.75, 3.05) is 13.7 Å². The highest BCUT2D eigenvalue weighted by Gasteiger charge is 2.18. The molecule has 0 aromatic heterocycles. The van der Waals surface area contributed by atoms with Gasteiger partial charge in [0.05, 0.1) is 13.7 Å². The molecule has 2 rings (SSSR count). The van der Waals surface area contributed by atoms with E-state index in [-0.39, 0.29) is 0 Å². The van der Waals surface area contributed by atoms with E-state index in [0.29, 0.717) is 22.9 Å². The van der Waals surface area contributed by atoms with Crippen LogP contribution < -0.4 is 9.47 Å². The molecule has 3 nitrogen and oxygen atoms in total. The molecule has 0 saturated carbocycles. The smallest absolute Gasteiger partial charge is 0.125 e. The second-order valence-electron chi connectivity index (χ2n) is 4.41. The van der Waals surface area contributed by atoms with Crippen molar-refractivity contribution >= 4 is 27.5 Å². The summed E-state index contributed by atoms with van der Waals surface area (Å²) in [7, 11) is 1.56. The molecule has 2 aromatic rings. The van der Waals surface area contributed by atoms with E-state index in [1.165, 1.54) is 0 Å². The van der Waals surface area contributed by atoms with Gasteiger partial charge < -0.3 is 14.6 Å². The molecule has 0 saturated heterocycles. The summed E-state index contributed by atoms with van der Waals surface area (Å²) in [5.41, 5.74) is 1.34. The van der Waals surface area contributed by atoms with Gasteiger partial charge in [-0.3, -0.25) is 0 Å². The molecule has 5 heteroatoms. The van der Waals surface area contributed by atoms with Crippen molar-refractivity contribution in [1.82, 2.24) is 0 Å². The predicted octanol–water partition coefficient (Wildman–Crippen LogP) is 4.59. The third kappa shape index (κ3) is 3.70. The van der Waals surface area contributed by atoms with E-state index >= 15 is 0 Å². The molecular formula is C16H16BrClO3. The zero-order valence-corrected chi connectivity index (χ0v) is 14.1. The van der Waals surface area contributed by atoms with Crippen molar-refractivity contribution in [1.29, 1.82) is 0 Å². The predicted molar refractivity (Wildman–Crippen MR) is 87.4 cm³/mol. The Balaban J connectivity index is 2.40. The van der Waals surface area contributed by atoms with E-state index < -0.39 is 6.10 Å². The van der Waals surface area contributed by atoms with Gasteiger partial charge in [0.2, 0.25) is 0 Å². The molecule has 0 amide bonds.